The number of aliphatic hydroxyl groups is 1. The summed E-state index contributed by atoms with van der Waals surface area (Å²) < 4.78 is 5.40. The maximum absolute atomic E-state index is 11.5. The van der Waals surface area contributed by atoms with E-state index in [4.69, 9.17) is 4.74 Å². The number of rotatable bonds is 6. The Balaban J connectivity index is 4.43. The molecule has 0 aliphatic carbocycles. The fraction of sp³-hybridized carbons (Fsp3) is 0.923. The largest absolute Gasteiger partial charge is 0.462 e. The van der Waals surface area contributed by atoms with Crippen LogP contribution in [0.4, 0.5) is 0 Å². The molecule has 1 N–H and O–H groups in total. The minimum atomic E-state index is -0.426. The number of carbonyl (C=O) groups excluding carboxylic acids is 1. The van der Waals surface area contributed by atoms with Crippen LogP contribution < -0.4 is 0 Å². The van der Waals surface area contributed by atoms with Gasteiger partial charge in [0.2, 0.25) is 0 Å². The van der Waals surface area contributed by atoms with Gasteiger partial charge in [0.25, 0.3) is 0 Å². The Morgan fingerprint density at radius 2 is 1.69 bits per heavy atom. The molecule has 0 aromatic carbocycles. The molecule has 3 atom stereocenters. The molecule has 0 saturated heterocycles. The highest BCUT2D eigenvalue weighted by atomic mass is 16.5. The van der Waals surface area contributed by atoms with Crippen molar-refractivity contribution in [2.45, 2.75) is 60.2 Å². The third-order valence-corrected chi connectivity index (χ3v) is 2.95. The summed E-state index contributed by atoms with van der Waals surface area (Å²) in [4.78, 5) is 11.5. The predicted octanol–water partition coefficient (Wildman–Crippen LogP) is 2.62. The zero-order chi connectivity index (χ0) is 12.9. The molecule has 0 unspecified atom stereocenters. The van der Waals surface area contributed by atoms with Crippen molar-refractivity contribution in [1.29, 1.82) is 0 Å². The van der Waals surface area contributed by atoms with Crippen molar-refractivity contribution < 1.29 is 14.6 Å². The molecule has 3 heteroatoms. The Kier molecular flexibility index (Phi) is 6.65. The molecule has 0 heterocycles. The fourth-order valence-corrected chi connectivity index (χ4v) is 1.67. The molecule has 0 saturated carbocycles. The van der Waals surface area contributed by atoms with Gasteiger partial charge in [-0.1, -0.05) is 41.5 Å². The van der Waals surface area contributed by atoms with Gasteiger partial charge >= 0.3 is 5.97 Å². The zero-order valence-electron chi connectivity index (χ0n) is 11.4. The third kappa shape index (κ3) is 4.52. The topological polar surface area (TPSA) is 46.5 Å². The third-order valence-electron chi connectivity index (χ3n) is 2.95. The highest BCUT2D eigenvalue weighted by Crippen LogP contribution is 2.21. The van der Waals surface area contributed by atoms with E-state index < -0.39 is 6.10 Å². The van der Waals surface area contributed by atoms with Crippen LogP contribution in [-0.2, 0) is 9.53 Å². The van der Waals surface area contributed by atoms with Gasteiger partial charge in [-0.05, 0) is 12.3 Å². The molecule has 0 spiro atoms. The second-order valence-electron chi connectivity index (χ2n) is 5.13. The SMILES string of the molecule is CC[C@@H](OC(=O)C(C)C)[C@H](C)[C@H](O)C(C)C. The monoisotopic (exact) mass is 230 g/mol. The predicted molar refractivity (Wildman–Crippen MR) is 65.0 cm³/mol. The number of esters is 1. The highest BCUT2D eigenvalue weighted by Gasteiger charge is 2.28. The smallest absolute Gasteiger partial charge is 0.308 e. The van der Waals surface area contributed by atoms with Crippen LogP contribution in [0.25, 0.3) is 0 Å². The van der Waals surface area contributed by atoms with Crippen LogP contribution in [0.1, 0.15) is 48.0 Å². The Bertz CT molecular complexity index is 211. The van der Waals surface area contributed by atoms with Crippen LogP contribution >= 0.6 is 0 Å². The number of aliphatic hydroxyl groups excluding tert-OH is 1. The van der Waals surface area contributed by atoms with E-state index in [-0.39, 0.29) is 29.8 Å². The van der Waals surface area contributed by atoms with E-state index in [1.54, 1.807) is 0 Å². The van der Waals surface area contributed by atoms with Gasteiger partial charge in [0, 0.05) is 5.92 Å². The number of hydrogen-bond donors (Lipinski definition) is 1. The first-order chi connectivity index (χ1) is 7.31. The zero-order valence-corrected chi connectivity index (χ0v) is 11.4. The van der Waals surface area contributed by atoms with E-state index in [2.05, 4.69) is 0 Å². The van der Waals surface area contributed by atoms with Crippen LogP contribution in [-0.4, -0.2) is 23.3 Å². The van der Waals surface area contributed by atoms with Crippen molar-refractivity contribution in [3.8, 4) is 0 Å². The number of ether oxygens (including phenoxy) is 1. The Labute approximate surface area is 99.2 Å². The van der Waals surface area contributed by atoms with E-state index >= 15 is 0 Å². The van der Waals surface area contributed by atoms with Crippen LogP contribution in [0.5, 0.6) is 0 Å². The quantitative estimate of drug-likeness (QED) is 0.713. The molecule has 0 aromatic rings. The van der Waals surface area contributed by atoms with Gasteiger partial charge in [-0.25, -0.2) is 0 Å². The summed E-state index contributed by atoms with van der Waals surface area (Å²) in [5, 5.41) is 9.96. The average molecular weight is 230 g/mol. The molecule has 96 valence electrons. The summed E-state index contributed by atoms with van der Waals surface area (Å²) in [7, 11) is 0. The van der Waals surface area contributed by atoms with Crippen molar-refractivity contribution in [2.75, 3.05) is 0 Å². The molecule has 0 rings (SSSR count). The summed E-state index contributed by atoms with van der Waals surface area (Å²) in [6.07, 6.45) is 0.126. The van der Waals surface area contributed by atoms with Crippen LogP contribution in [0, 0.1) is 17.8 Å². The lowest BCUT2D eigenvalue weighted by Crippen LogP contribution is -2.36. The maximum atomic E-state index is 11.5. The van der Waals surface area contributed by atoms with Crippen molar-refractivity contribution in [2.24, 2.45) is 17.8 Å². The van der Waals surface area contributed by atoms with Crippen molar-refractivity contribution in [1.82, 2.24) is 0 Å². The molecule has 0 amide bonds. The second-order valence-corrected chi connectivity index (χ2v) is 5.13. The highest BCUT2D eigenvalue weighted by molar-refractivity contribution is 5.71. The van der Waals surface area contributed by atoms with Gasteiger partial charge in [-0.2, -0.15) is 0 Å². The molecule has 16 heavy (non-hydrogen) atoms. The molecule has 3 nitrogen and oxygen atoms in total. The lowest BCUT2D eigenvalue weighted by Gasteiger charge is -2.29. The van der Waals surface area contributed by atoms with E-state index in [1.807, 2.05) is 41.5 Å². The second kappa shape index (κ2) is 6.89. The van der Waals surface area contributed by atoms with Crippen LogP contribution in [0.2, 0.25) is 0 Å². The lowest BCUT2D eigenvalue weighted by molar-refractivity contribution is -0.158. The first-order valence-electron chi connectivity index (χ1n) is 6.19. The number of carbonyl (C=O) groups is 1. The summed E-state index contributed by atoms with van der Waals surface area (Å²) in [5.74, 6) is -0.137. The maximum Gasteiger partial charge on any atom is 0.308 e. The Morgan fingerprint density at radius 3 is 2.00 bits per heavy atom. The normalized spacial score (nSPS) is 17.3. The first-order valence-corrected chi connectivity index (χ1v) is 6.19. The van der Waals surface area contributed by atoms with E-state index in [1.165, 1.54) is 0 Å². The molecule has 0 fully saturated rings. The summed E-state index contributed by atoms with van der Waals surface area (Å²) in [6.45, 7) is 11.5. The van der Waals surface area contributed by atoms with Gasteiger partial charge in [0.1, 0.15) is 6.10 Å². The molecule has 0 bridgehead atoms. The molecular formula is C13H26O3. The number of hydrogen-bond acceptors (Lipinski definition) is 3. The van der Waals surface area contributed by atoms with Crippen LogP contribution in [0.15, 0.2) is 0 Å². The minimum absolute atomic E-state index is 0.0206. The Hall–Kier alpha value is -0.570. The summed E-state index contributed by atoms with van der Waals surface area (Å²) in [5.41, 5.74) is 0. The van der Waals surface area contributed by atoms with E-state index in [0.29, 0.717) is 0 Å². The lowest BCUT2D eigenvalue weighted by atomic mass is 9.89. The molecule has 0 aliphatic rings. The van der Waals surface area contributed by atoms with Crippen LogP contribution in [0.3, 0.4) is 0 Å². The van der Waals surface area contributed by atoms with Gasteiger partial charge in [-0.3, -0.25) is 4.79 Å². The molecule has 0 aromatic heterocycles. The fourth-order valence-electron chi connectivity index (χ4n) is 1.67. The standard InChI is InChI=1S/C13H26O3/c1-7-11(16-13(15)9(4)5)10(6)12(14)8(2)3/h8-12,14H,7H2,1-6H3/t10-,11+,12+/m0/s1. The minimum Gasteiger partial charge on any atom is -0.462 e. The van der Waals surface area contributed by atoms with Gasteiger partial charge in [-0.15, -0.1) is 0 Å². The average Bonchev–Trinajstić information content (AvgIpc) is 2.22. The van der Waals surface area contributed by atoms with Crippen molar-refractivity contribution in [3.05, 3.63) is 0 Å². The van der Waals surface area contributed by atoms with Gasteiger partial charge in [0.15, 0.2) is 0 Å². The summed E-state index contributed by atoms with van der Waals surface area (Å²) >= 11 is 0. The molecule has 0 radical (unpaired) electrons. The molecular weight excluding hydrogens is 204 g/mol. The Morgan fingerprint density at radius 1 is 1.19 bits per heavy atom. The van der Waals surface area contributed by atoms with Crippen molar-refractivity contribution >= 4 is 5.97 Å². The van der Waals surface area contributed by atoms with Crippen molar-refractivity contribution in [3.63, 3.8) is 0 Å². The molecule has 0 aliphatic heterocycles. The summed E-state index contributed by atoms with van der Waals surface area (Å²) in [6, 6.07) is 0. The van der Waals surface area contributed by atoms with E-state index in [9.17, 15) is 9.90 Å². The first kappa shape index (κ1) is 15.4. The van der Waals surface area contributed by atoms with Gasteiger partial charge in [0.05, 0.1) is 12.0 Å². The van der Waals surface area contributed by atoms with E-state index in [0.717, 1.165) is 6.42 Å². The van der Waals surface area contributed by atoms with Gasteiger partial charge < -0.3 is 9.84 Å².